The van der Waals surface area contributed by atoms with E-state index in [4.69, 9.17) is 4.74 Å². The average molecular weight is 99.1 g/mol. The number of hydrogen-bond acceptors (Lipinski definition) is 2. The molecule has 0 spiro atoms. The highest BCUT2D eigenvalue weighted by Gasteiger charge is 2.44. The lowest BCUT2D eigenvalue weighted by atomic mass is 9.96. The third-order valence-electron chi connectivity index (χ3n) is 1.94. The molecule has 2 atom stereocenters. The molecule has 2 heteroatoms. The molecule has 0 saturated carbocycles. The van der Waals surface area contributed by atoms with Gasteiger partial charge in [-0.1, -0.05) is 0 Å². The number of rotatable bonds is 0. The normalized spacial score (nSPS) is 49.3. The van der Waals surface area contributed by atoms with Crippen LogP contribution in [0.2, 0.25) is 0 Å². The summed E-state index contributed by atoms with van der Waals surface area (Å²) in [5.74, 6) is 0. The van der Waals surface area contributed by atoms with Crippen molar-refractivity contribution in [3.63, 3.8) is 0 Å². The molecule has 0 aliphatic carbocycles. The molecule has 2 unspecified atom stereocenters. The van der Waals surface area contributed by atoms with Crippen molar-refractivity contribution in [1.29, 1.82) is 0 Å². The van der Waals surface area contributed by atoms with Crippen molar-refractivity contribution < 1.29 is 4.74 Å². The number of morpholine rings is 1. The third-order valence-corrected chi connectivity index (χ3v) is 1.94. The zero-order valence-electron chi connectivity index (χ0n) is 4.42. The molecular formula is C5H9NO. The molecule has 2 aliphatic rings. The lowest BCUT2D eigenvalue weighted by Gasteiger charge is -2.53. The molecule has 2 fully saturated rings. The molecule has 40 valence electrons. The summed E-state index contributed by atoms with van der Waals surface area (Å²) in [6.45, 7) is 2.13. The topological polar surface area (TPSA) is 12.5 Å². The predicted molar refractivity (Wildman–Crippen MR) is 26.2 cm³/mol. The van der Waals surface area contributed by atoms with Gasteiger partial charge >= 0.3 is 0 Å². The summed E-state index contributed by atoms with van der Waals surface area (Å²) in [4.78, 5) is 2.33. The Labute approximate surface area is 43.1 Å². The highest BCUT2D eigenvalue weighted by Crippen LogP contribution is 2.27. The van der Waals surface area contributed by atoms with E-state index in [0.29, 0.717) is 6.10 Å². The fourth-order valence-electron chi connectivity index (χ4n) is 1.19. The lowest BCUT2D eigenvalue weighted by molar-refractivity contribution is -0.205. The maximum atomic E-state index is 5.16. The first-order valence-corrected chi connectivity index (χ1v) is 2.70. The van der Waals surface area contributed by atoms with Crippen molar-refractivity contribution in [3.05, 3.63) is 0 Å². The van der Waals surface area contributed by atoms with E-state index in [1.54, 1.807) is 0 Å². The van der Waals surface area contributed by atoms with E-state index in [2.05, 4.69) is 11.9 Å². The Morgan fingerprint density at radius 3 is 2.57 bits per heavy atom. The van der Waals surface area contributed by atoms with Crippen LogP contribution in [0.3, 0.4) is 0 Å². The van der Waals surface area contributed by atoms with Crippen molar-refractivity contribution in [1.82, 2.24) is 4.90 Å². The Balaban J connectivity index is 1.99. The van der Waals surface area contributed by atoms with Gasteiger partial charge in [0.2, 0.25) is 0 Å². The molecule has 0 radical (unpaired) electrons. The second-order valence-electron chi connectivity index (χ2n) is 2.38. The van der Waals surface area contributed by atoms with E-state index in [1.165, 1.54) is 0 Å². The Morgan fingerprint density at radius 1 is 1.71 bits per heavy atom. The Hall–Kier alpha value is -0.0800. The Kier molecular flexibility index (Phi) is 0.557. The highest BCUT2D eigenvalue weighted by atomic mass is 16.5. The van der Waals surface area contributed by atoms with Gasteiger partial charge in [-0.05, 0) is 7.05 Å². The van der Waals surface area contributed by atoms with Crippen LogP contribution < -0.4 is 0 Å². The van der Waals surface area contributed by atoms with Gasteiger partial charge in [0.15, 0.2) is 0 Å². The van der Waals surface area contributed by atoms with E-state index >= 15 is 0 Å². The van der Waals surface area contributed by atoms with Crippen molar-refractivity contribution >= 4 is 0 Å². The van der Waals surface area contributed by atoms with Gasteiger partial charge in [-0.25, -0.2) is 0 Å². The summed E-state index contributed by atoms with van der Waals surface area (Å²) >= 11 is 0. The average Bonchev–Trinajstić information content (AvgIpc) is 1.59. The van der Waals surface area contributed by atoms with Gasteiger partial charge < -0.3 is 4.74 Å². The van der Waals surface area contributed by atoms with E-state index in [0.717, 1.165) is 19.2 Å². The van der Waals surface area contributed by atoms with Crippen LogP contribution in [-0.4, -0.2) is 37.2 Å². The molecule has 2 aliphatic heterocycles. The molecule has 2 heterocycles. The quantitative estimate of drug-likeness (QED) is 0.413. The summed E-state index contributed by atoms with van der Waals surface area (Å²) in [5.41, 5.74) is 0. The number of fused-ring (bicyclic) bond motifs is 1. The monoisotopic (exact) mass is 99.1 g/mol. The number of hydrogen-bond donors (Lipinski definition) is 0. The summed E-state index contributed by atoms with van der Waals surface area (Å²) in [5, 5.41) is 0. The number of likely N-dealkylation sites (N-methyl/N-ethyl adjacent to an activating group) is 1. The Bertz CT molecular complexity index is 90.1. The van der Waals surface area contributed by atoms with E-state index in [-0.39, 0.29) is 0 Å². The van der Waals surface area contributed by atoms with Crippen LogP contribution in [0.4, 0.5) is 0 Å². The smallest absolute Gasteiger partial charge is 0.0880 e. The zero-order chi connectivity index (χ0) is 4.85. The molecule has 0 aromatic heterocycles. The van der Waals surface area contributed by atoms with Crippen molar-refractivity contribution in [2.24, 2.45) is 0 Å². The molecule has 7 heavy (non-hydrogen) atoms. The fourth-order valence-corrected chi connectivity index (χ4v) is 1.19. The zero-order valence-corrected chi connectivity index (χ0v) is 4.42. The minimum Gasteiger partial charge on any atom is -0.373 e. The molecular weight excluding hydrogens is 90.1 g/mol. The number of ether oxygens (including phenoxy) is 1. The van der Waals surface area contributed by atoms with Crippen LogP contribution in [0.1, 0.15) is 0 Å². The van der Waals surface area contributed by atoms with Gasteiger partial charge in [0.1, 0.15) is 0 Å². The van der Waals surface area contributed by atoms with Gasteiger partial charge in [0.05, 0.1) is 18.8 Å². The largest absolute Gasteiger partial charge is 0.373 e. The molecule has 2 rings (SSSR count). The molecule has 0 amide bonds. The maximum absolute atomic E-state index is 5.16. The van der Waals surface area contributed by atoms with Crippen LogP contribution in [0.5, 0.6) is 0 Å². The summed E-state index contributed by atoms with van der Waals surface area (Å²) < 4.78 is 5.16. The van der Waals surface area contributed by atoms with Crippen molar-refractivity contribution in [2.45, 2.75) is 12.1 Å². The molecule has 0 aromatic rings. The van der Waals surface area contributed by atoms with Gasteiger partial charge in [-0.15, -0.1) is 0 Å². The van der Waals surface area contributed by atoms with Gasteiger partial charge in [-0.2, -0.15) is 0 Å². The van der Waals surface area contributed by atoms with Crippen LogP contribution in [-0.2, 0) is 4.74 Å². The number of nitrogens with zero attached hydrogens (tertiary/aromatic N) is 1. The van der Waals surface area contributed by atoms with Crippen LogP contribution in [0.25, 0.3) is 0 Å². The van der Waals surface area contributed by atoms with Crippen LogP contribution >= 0.6 is 0 Å². The predicted octanol–water partition coefficient (Wildman–Crippen LogP) is -0.301. The third kappa shape index (κ3) is 0.318. The second-order valence-corrected chi connectivity index (χ2v) is 2.38. The molecule has 2 nitrogen and oxygen atoms in total. The first-order valence-electron chi connectivity index (χ1n) is 2.70. The standard InChI is InChI=1S/C5H9NO/c1-6-2-5-4(6)3-7-5/h4-5H,2-3H2,1H3. The van der Waals surface area contributed by atoms with E-state index < -0.39 is 0 Å². The summed E-state index contributed by atoms with van der Waals surface area (Å²) in [6, 6.07) is 0.792. The van der Waals surface area contributed by atoms with Crippen LogP contribution in [0, 0.1) is 0 Å². The minimum absolute atomic E-state index is 0.616. The van der Waals surface area contributed by atoms with Gasteiger partial charge in [0.25, 0.3) is 0 Å². The van der Waals surface area contributed by atoms with Gasteiger partial charge in [-0.3, -0.25) is 4.90 Å². The fraction of sp³-hybridized carbons (Fsp3) is 1.00. The molecule has 0 bridgehead atoms. The molecule has 2 saturated heterocycles. The number of likely N-dealkylation sites (tertiary alicyclic amines) is 1. The molecule has 0 aromatic carbocycles. The second kappa shape index (κ2) is 1.01. The van der Waals surface area contributed by atoms with Crippen molar-refractivity contribution in [2.75, 3.05) is 20.2 Å². The van der Waals surface area contributed by atoms with Crippen molar-refractivity contribution in [3.8, 4) is 0 Å². The molecule has 0 N–H and O–H groups in total. The minimum atomic E-state index is 0.616. The van der Waals surface area contributed by atoms with E-state index in [1.807, 2.05) is 0 Å². The van der Waals surface area contributed by atoms with E-state index in [9.17, 15) is 0 Å². The first-order chi connectivity index (χ1) is 3.38. The summed E-state index contributed by atoms with van der Waals surface area (Å²) in [7, 11) is 2.14. The summed E-state index contributed by atoms with van der Waals surface area (Å²) in [6.07, 6.45) is 0.616. The SMILES string of the molecule is CN1CC2OCC21. The van der Waals surface area contributed by atoms with Gasteiger partial charge in [0, 0.05) is 6.54 Å². The Morgan fingerprint density at radius 2 is 2.57 bits per heavy atom. The lowest BCUT2D eigenvalue weighted by Crippen LogP contribution is -2.68. The first kappa shape index (κ1) is 3.87. The maximum Gasteiger partial charge on any atom is 0.0880 e. The van der Waals surface area contributed by atoms with Crippen LogP contribution in [0.15, 0.2) is 0 Å². The highest BCUT2D eigenvalue weighted by molar-refractivity contribution is 4.97.